The molecule has 21 heavy (non-hydrogen) atoms. The van der Waals surface area contributed by atoms with Gasteiger partial charge >= 0.3 is 6.18 Å². The van der Waals surface area contributed by atoms with Gasteiger partial charge in [0.15, 0.2) is 0 Å². The molecule has 6 nitrogen and oxygen atoms in total. The first kappa shape index (κ1) is 15.5. The van der Waals surface area contributed by atoms with E-state index in [1.807, 2.05) is 0 Å². The highest BCUT2D eigenvalue weighted by Crippen LogP contribution is 2.38. The van der Waals surface area contributed by atoms with Crippen LogP contribution in [0.2, 0.25) is 0 Å². The summed E-state index contributed by atoms with van der Waals surface area (Å²) < 4.78 is 48.9. The highest BCUT2D eigenvalue weighted by molar-refractivity contribution is 5.46. The highest BCUT2D eigenvalue weighted by Gasteiger charge is 2.38. The van der Waals surface area contributed by atoms with Crippen LogP contribution in [0, 0.1) is 10.1 Å². The van der Waals surface area contributed by atoms with Crippen molar-refractivity contribution in [2.24, 2.45) is 0 Å². The van der Waals surface area contributed by atoms with Gasteiger partial charge in [0, 0.05) is 19.2 Å². The fourth-order valence-corrected chi connectivity index (χ4v) is 1.91. The van der Waals surface area contributed by atoms with Crippen LogP contribution in [0.4, 0.5) is 18.9 Å². The predicted octanol–water partition coefficient (Wildman–Crippen LogP) is 1.98. The second kappa shape index (κ2) is 6.27. The van der Waals surface area contributed by atoms with Gasteiger partial charge in [0.25, 0.3) is 5.69 Å². The Labute approximate surface area is 118 Å². The Bertz CT molecular complexity index is 516. The number of nitrogens with zero attached hydrogens (tertiary/aromatic N) is 1. The molecule has 0 radical (unpaired) electrons. The lowest BCUT2D eigenvalue weighted by atomic mass is 10.1. The molecule has 9 heteroatoms. The third-order valence-electron chi connectivity index (χ3n) is 2.91. The summed E-state index contributed by atoms with van der Waals surface area (Å²) in [5.41, 5.74) is -2.32. The number of morpholine rings is 1. The standard InChI is InChI=1S/C12H13F3N2O4/c13-12(14,15)10-5-8(1-2-11(10)17(18)19)21-7-9-6-16-3-4-20-9/h1-2,5,9,16H,3-4,6-7H2. The maximum absolute atomic E-state index is 12.8. The van der Waals surface area contributed by atoms with Crippen LogP contribution >= 0.6 is 0 Å². The van der Waals surface area contributed by atoms with E-state index in [9.17, 15) is 23.3 Å². The third kappa shape index (κ3) is 4.05. The molecule has 1 aliphatic heterocycles. The first-order chi connectivity index (χ1) is 9.88. The van der Waals surface area contributed by atoms with Crippen LogP contribution in [0.25, 0.3) is 0 Å². The van der Waals surface area contributed by atoms with E-state index in [0.717, 1.165) is 12.1 Å². The normalized spacial score (nSPS) is 19.3. The molecule has 1 heterocycles. The fourth-order valence-electron chi connectivity index (χ4n) is 1.91. The molecular formula is C12H13F3N2O4. The van der Waals surface area contributed by atoms with Crippen molar-refractivity contribution < 1.29 is 27.6 Å². The molecule has 0 spiro atoms. The summed E-state index contributed by atoms with van der Waals surface area (Å²) in [6, 6.07) is 2.57. The van der Waals surface area contributed by atoms with Crippen LogP contribution in [0.1, 0.15) is 5.56 Å². The number of hydrogen-bond donors (Lipinski definition) is 1. The summed E-state index contributed by atoms with van der Waals surface area (Å²) in [5, 5.41) is 13.7. The maximum atomic E-state index is 12.8. The Balaban J connectivity index is 2.11. The molecule has 1 N–H and O–H groups in total. The van der Waals surface area contributed by atoms with Crippen molar-refractivity contribution in [3.05, 3.63) is 33.9 Å². The Hall–Kier alpha value is -1.87. The molecule has 1 aromatic rings. The minimum atomic E-state index is -4.81. The van der Waals surface area contributed by atoms with Crippen molar-refractivity contribution in [3.63, 3.8) is 0 Å². The van der Waals surface area contributed by atoms with Crippen LogP contribution in [-0.2, 0) is 10.9 Å². The van der Waals surface area contributed by atoms with Crippen LogP contribution in [0.15, 0.2) is 18.2 Å². The van der Waals surface area contributed by atoms with Crippen molar-refractivity contribution >= 4 is 5.69 Å². The summed E-state index contributed by atoms with van der Waals surface area (Å²) in [7, 11) is 0. The number of ether oxygens (including phenoxy) is 2. The lowest BCUT2D eigenvalue weighted by Gasteiger charge is -2.23. The van der Waals surface area contributed by atoms with E-state index >= 15 is 0 Å². The Kier molecular flexibility index (Phi) is 4.63. The van der Waals surface area contributed by atoms with Gasteiger partial charge in [-0.1, -0.05) is 0 Å². The number of nitrogens with one attached hydrogen (secondary N) is 1. The number of rotatable bonds is 4. The van der Waals surface area contributed by atoms with Crippen molar-refractivity contribution in [2.45, 2.75) is 12.3 Å². The van der Waals surface area contributed by atoms with Gasteiger partial charge in [0.1, 0.15) is 24.0 Å². The smallest absolute Gasteiger partial charge is 0.423 e. The molecule has 0 saturated carbocycles. The molecule has 0 aromatic heterocycles. The second-order valence-electron chi connectivity index (χ2n) is 4.44. The van der Waals surface area contributed by atoms with Gasteiger partial charge in [-0.3, -0.25) is 10.1 Å². The molecule has 1 saturated heterocycles. The Morgan fingerprint density at radius 3 is 2.81 bits per heavy atom. The number of nitro groups is 1. The summed E-state index contributed by atoms with van der Waals surface area (Å²) in [5.74, 6) is -0.0814. The number of nitro benzene ring substituents is 1. The zero-order valence-electron chi connectivity index (χ0n) is 10.9. The molecule has 1 fully saturated rings. The van der Waals surface area contributed by atoms with E-state index in [0.29, 0.717) is 25.8 Å². The van der Waals surface area contributed by atoms with Gasteiger partial charge in [0.05, 0.1) is 11.5 Å². The lowest BCUT2D eigenvalue weighted by Crippen LogP contribution is -2.41. The average molecular weight is 306 g/mol. The summed E-state index contributed by atoms with van der Waals surface area (Å²) in [4.78, 5) is 9.55. The lowest BCUT2D eigenvalue weighted by molar-refractivity contribution is -0.388. The zero-order valence-corrected chi connectivity index (χ0v) is 10.9. The summed E-state index contributed by atoms with van der Waals surface area (Å²) in [6.45, 7) is 1.83. The van der Waals surface area contributed by atoms with Crippen LogP contribution in [0.5, 0.6) is 5.75 Å². The molecule has 116 valence electrons. The maximum Gasteiger partial charge on any atom is 0.423 e. The number of halogens is 3. The second-order valence-corrected chi connectivity index (χ2v) is 4.44. The molecule has 2 rings (SSSR count). The third-order valence-corrected chi connectivity index (χ3v) is 2.91. The van der Waals surface area contributed by atoms with E-state index in [1.165, 1.54) is 0 Å². The van der Waals surface area contributed by atoms with Crippen LogP contribution in [-0.4, -0.2) is 37.3 Å². The van der Waals surface area contributed by atoms with E-state index in [-0.39, 0.29) is 18.5 Å². The Morgan fingerprint density at radius 1 is 1.48 bits per heavy atom. The van der Waals surface area contributed by atoms with Crippen molar-refractivity contribution in [3.8, 4) is 5.75 Å². The Morgan fingerprint density at radius 2 is 2.24 bits per heavy atom. The highest BCUT2D eigenvalue weighted by atomic mass is 19.4. The quantitative estimate of drug-likeness (QED) is 0.680. The summed E-state index contributed by atoms with van der Waals surface area (Å²) >= 11 is 0. The van der Waals surface area contributed by atoms with E-state index < -0.39 is 22.4 Å². The van der Waals surface area contributed by atoms with Crippen LogP contribution in [0.3, 0.4) is 0 Å². The van der Waals surface area contributed by atoms with E-state index in [4.69, 9.17) is 9.47 Å². The first-order valence-electron chi connectivity index (χ1n) is 6.18. The largest absolute Gasteiger partial charge is 0.491 e. The zero-order chi connectivity index (χ0) is 15.5. The van der Waals surface area contributed by atoms with Crippen molar-refractivity contribution in [1.29, 1.82) is 0 Å². The van der Waals surface area contributed by atoms with Gasteiger partial charge in [-0.25, -0.2) is 0 Å². The first-order valence-corrected chi connectivity index (χ1v) is 6.18. The molecule has 1 unspecified atom stereocenters. The van der Waals surface area contributed by atoms with Crippen molar-refractivity contribution in [1.82, 2.24) is 5.32 Å². The molecular weight excluding hydrogens is 293 g/mol. The fraction of sp³-hybridized carbons (Fsp3) is 0.500. The van der Waals surface area contributed by atoms with Gasteiger partial charge in [0.2, 0.25) is 0 Å². The molecule has 1 aliphatic rings. The molecule has 1 atom stereocenters. The molecule has 1 aromatic carbocycles. The molecule has 0 bridgehead atoms. The van der Waals surface area contributed by atoms with Gasteiger partial charge in [-0.2, -0.15) is 13.2 Å². The molecule has 0 aliphatic carbocycles. The van der Waals surface area contributed by atoms with Gasteiger partial charge in [-0.15, -0.1) is 0 Å². The predicted molar refractivity (Wildman–Crippen MR) is 66.2 cm³/mol. The van der Waals surface area contributed by atoms with E-state index in [2.05, 4.69) is 5.32 Å². The minimum absolute atomic E-state index is 0.0715. The molecule has 0 amide bonds. The number of hydrogen-bond acceptors (Lipinski definition) is 5. The number of benzene rings is 1. The van der Waals surface area contributed by atoms with Crippen molar-refractivity contribution in [2.75, 3.05) is 26.3 Å². The SMILES string of the molecule is O=[N+]([O-])c1ccc(OCC2CNCCO2)cc1C(F)(F)F. The number of alkyl halides is 3. The van der Waals surface area contributed by atoms with Gasteiger partial charge < -0.3 is 14.8 Å². The topological polar surface area (TPSA) is 73.6 Å². The van der Waals surface area contributed by atoms with E-state index in [1.54, 1.807) is 0 Å². The summed E-state index contributed by atoms with van der Waals surface area (Å²) in [6.07, 6.45) is -5.08. The average Bonchev–Trinajstić information content (AvgIpc) is 2.45. The van der Waals surface area contributed by atoms with Crippen LogP contribution < -0.4 is 10.1 Å². The minimum Gasteiger partial charge on any atom is -0.491 e. The monoisotopic (exact) mass is 306 g/mol. The van der Waals surface area contributed by atoms with Gasteiger partial charge in [-0.05, 0) is 12.1 Å².